The molecule has 2 fully saturated rings. The minimum absolute atomic E-state index is 0.108. The largest absolute Gasteiger partial charge is 0.367 e. The maximum absolute atomic E-state index is 13.9. The Kier molecular flexibility index (Phi) is 5.46. The van der Waals surface area contributed by atoms with Gasteiger partial charge in [-0.25, -0.2) is 9.18 Å². The first-order valence-electron chi connectivity index (χ1n) is 9.20. The quantitative estimate of drug-likeness (QED) is 0.871. The number of carbonyl (C=O) groups excluding carboxylic acids is 2. The van der Waals surface area contributed by atoms with Crippen LogP contribution in [-0.2, 0) is 4.79 Å². The number of imide groups is 1. The van der Waals surface area contributed by atoms with E-state index in [0.717, 1.165) is 39.1 Å². The van der Waals surface area contributed by atoms with Crippen LogP contribution < -0.4 is 10.2 Å². The van der Waals surface area contributed by atoms with Crippen LogP contribution in [-0.4, -0.2) is 66.5 Å². The van der Waals surface area contributed by atoms with Crippen molar-refractivity contribution in [3.63, 3.8) is 0 Å². The minimum atomic E-state index is -0.465. The monoisotopic (exact) mass is 362 g/mol. The Labute approximate surface area is 153 Å². The van der Waals surface area contributed by atoms with Crippen molar-refractivity contribution in [2.24, 2.45) is 0 Å². The highest BCUT2D eigenvalue weighted by Crippen LogP contribution is 2.20. The Balaban J connectivity index is 1.43. The number of rotatable bonds is 5. The van der Waals surface area contributed by atoms with Crippen molar-refractivity contribution in [3.05, 3.63) is 30.1 Å². The molecule has 0 unspecified atom stereocenters. The molecule has 2 aliphatic rings. The maximum atomic E-state index is 13.9. The lowest BCUT2D eigenvalue weighted by Crippen LogP contribution is -2.59. The molecule has 7 heteroatoms. The molecular weight excluding hydrogens is 335 g/mol. The summed E-state index contributed by atoms with van der Waals surface area (Å²) in [6.45, 7) is 8.23. The summed E-state index contributed by atoms with van der Waals surface area (Å²) < 4.78 is 13.9. The van der Waals surface area contributed by atoms with Gasteiger partial charge in [-0.2, -0.15) is 0 Å². The number of piperazine rings is 1. The predicted octanol–water partition coefficient (Wildman–Crippen LogP) is 2.06. The third-order valence-electron chi connectivity index (χ3n) is 5.01. The highest BCUT2D eigenvalue weighted by Gasteiger charge is 2.36. The highest BCUT2D eigenvalue weighted by molar-refractivity contribution is 5.97. The Morgan fingerprint density at radius 3 is 2.42 bits per heavy atom. The van der Waals surface area contributed by atoms with Crippen LogP contribution in [0.2, 0.25) is 0 Å². The first-order valence-corrected chi connectivity index (χ1v) is 9.20. The number of amides is 3. The van der Waals surface area contributed by atoms with E-state index in [2.05, 4.69) is 15.1 Å². The third-order valence-corrected chi connectivity index (χ3v) is 5.01. The number of nitrogens with zero attached hydrogens (tertiary/aromatic N) is 3. The molecule has 0 bridgehead atoms. The maximum Gasteiger partial charge on any atom is 0.324 e. The molecule has 2 saturated heterocycles. The van der Waals surface area contributed by atoms with Gasteiger partial charge in [-0.1, -0.05) is 12.1 Å². The fraction of sp³-hybridized carbons (Fsp3) is 0.579. The van der Waals surface area contributed by atoms with E-state index in [0.29, 0.717) is 18.7 Å². The van der Waals surface area contributed by atoms with Gasteiger partial charge in [0.25, 0.3) is 0 Å². The number of urea groups is 1. The van der Waals surface area contributed by atoms with Crippen molar-refractivity contribution < 1.29 is 14.0 Å². The molecule has 26 heavy (non-hydrogen) atoms. The lowest BCUT2D eigenvalue weighted by atomic mass is 9.98. The van der Waals surface area contributed by atoms with Gasteiger partial charge < -0.3 is 10.2 Å². The van der Waals surface area contributed by atoms with Gasteiger partial charge in [-0.15, -0.1) is 0 Å². The minimum Gasteiger partial charge on any atom is -0.367 e. The molecular formula is C19H27FN4O2. The lowest BCUT2D eigenvalue weighted by molar-refractivity contribution is -0.131. The third kappa shape index (κ3) is 4.33. The summed E-state index contributed by atoms with van der Waals surface area (Å²) in [5.74, 6) is -0.290. The molecule has 2 heterocycles. The second-order valence-corrected chi connectivity index (χ2v) is 7.67. The molecule has 0 aromatic heterocycles. The highest BCUT2D eigenvalue weighted by atomic mass is 19.1. The molecule has 142 valence electrons. The van der Waals surface area contributed by atoms with Crippen molar-refractivity contribution in [3.8, 4) is 0 Å². The standard InChI is InChI=1S/C19H27FN4O2/c1-19(2)14-17(25)24(18(26)21-19)9-5-8-22-10-12-23(13-11-22)16-7-4-3-6-15(16)20/h3-4,6-7H,5,8-14H2,1-2H3,(H,21,26). The molecule has 0 saturated carbocycles. The molecule has 0 spiro atoms. The molecule has 1 N–H and O–H groups in total. The van der Waals surface area contributed by atoms with E-state index in [1.807, 2.05) is 26.0 Å². The summed E-state index contributed by atoms with van der Waals surface area (Å²) >= 11 is 0. The molecule has 0 radical (unpaired) electrons. The molecule has 0 atom stereocenters. The van der Waals surface area contributed by atoms with Crippen molar-refractivity contribution in [1.82, 2.24) is 15.1 Å². The zero-order valence-corrected chi connectivity index (χ0v) is 15.5. The first-order chi connectivity index (χ1) is 12.4. The van der Waals surface area contributed by atoms with Crippen LogP contribution in [0.1, 0.15) is 26.7 Å². The van der Waals surface area contributed by atoms with Gasteiger partial charge in [0.1, 0.15) is 5.82 Å². The average molecular weight is 362 g/mol. The van der Waals surface area contributed by atoms with E-state index < -0.39 is 5.54 Å². The van der Waals surface area contributed by atoms with Gasteiger partial charge in [0.05, 0.1) is 5.69 Å². The predicted molar refractivity (Wildman–Crippen MR) is 98.6 cm³/mol. The number of nitrogens with one attached hydrogen (secondary N) is 1. The van der Waals surface area contributed by atoms with E-state index in [1.165, 1.54) is 11.0 Å². The smallest absolute Gasteiger partial charge is 0.324 e. The number of halogens is 1. The zero-order valence-electron chi connectivity index (χ0n) is 15.5. The molecule has 3 rings (SSSR count). The number of hydrogen-bond acceptors (Lipinski definition) is 4. The van der Waals surface area contributed by atoms with Gasteiger partial charge >= 0.3 is 6.03 Å². The van der Waals surface area contributed by atoms with Crippen LogP contribution in [0.5, 0.6) is 0 Å². The van der Waals surface area contributed by atoms with E-state index >= 15 is 0 Å². The van der Waals surface area contributed by atoms with Crippen LogP contribution in [0.4, 0.5) is 14.9 Å². The summed E-state index contributed by atoms with van der Waals surface area (Å²) in [5.41, 5.74) is 0.193. The van der Waals surface area contributed by atoms with Crippen LogP contribution in [0.15, 0.2) is 24.3 Å². The lowest BCUT2D eigenvalue weighted by Gasteiger charge is -2.38. The zero-order chi connectivity index (χ0) is 18.7. The van der Waals surface area contributed by atoms with E-state index in [1.54, 1.807) is 6.07 Å². The molecule has 6 nitrogen and oxygen atoms in total. The topological polar surface area (TPSA) is 55.9 Å². The average Bonchev–Trinajstić information content (AvgIpc) is 2.57. The molecule has 1 aromatic rings. The summed E-state index contributed by atoms with van der Waals surface area (Å²) in [6, 6.07) is 6.56. The fourth-order valence-corrected chi connectivity index (χ4v) is 3.59. The molecule has 3 amide bonds. The van der Waals surface area contributed by atoms with Crippen LogP contribution in [0.3, 0.4) is 0 Å². The Morgan fingerprint density at radius 1 is 1.08 bits per heavy atom. The van der Waals surface area contributed by atoms with Gasteiger partial charge in [-0.3, -0.25) is 14.6 Å². The fourth-order valence-electron chi connectivity index (χ4n) is 3.59. The second kappa shape index (κ2) is 7.61. The van der Waals surface area contributed by atoms with E-state index in [-0.39, 0.29) is 17.8 Å². The number of carbonyl (C=O) groups is 2. The SMILES string of the molecule is CC1(C)CC(=O)N(CCCN2CCN(c3ccccc3F)CC2)C(=O)N1. The summed E-state index contributed by atoms with van der Waals surface area (Å²) in [5, 5.41) is 2.86. The number of anilines is 1. The van der Waals surface area contributed by atoms with Gasteiger partial charge in [-0.05, 0) is 38.9 Å². The van der Waals surface area contributed by atoms with Gasteiger partial charge in [0, 0.05) is 44.7 Å². The molecule has 0 aliphatic carbocycles. The Hall–Kier alpha value is -2.15. The van der Waals surface area contributed by atoms with Crippen LogP contribution >= 0.6 is 0 Å². The van der Waals surface area contributed by atoms with Gasteiger partial charge in [0.2, 0.25) is 5.91 Å². The molecule has 2 aliphatic heterocycles. The summed E-state index contributed by atoms with van der Waals surface area (Å²) in [6.07, 6.45) is 1.08. The van der Waals surface area contributed by atoms with Crippen LogP contribution in [0.25, 0.3) is 0 Å². The van der Waals surface area contributed by atoms with E-state index in [4.69, 9.17) is 0 Å². The summed E-state index contributed by atoms with van der Waals surface area (Å²) in [4.78, 5) is 29.9. The Morgan fingerprint density at radius 2 is 1.77 bits per heavy atom. The summed E-state index contributed by atoms with van der Waals surface area (Å²) in [7, 11) is 0. The normalized spacial score (nSPS) is 21.0. The first kappa shape index (κ1) is 18.6. The van der Waals surface area contributed by atoms with E-state index in [9.17, 15) is 14.0 Å². The van der Waals surface area contributed by atoms with Crippen molar-refractivity contribution in [2.75, 3.05) is 44.2 Å². The van der Waals surface area contributed by atoms with Crippen molar-refractivity contribution >= 4 is 17.6 Å². The van der Waals surface area contributed by atoms with Crippen molar-refractivity contribution in [2.45, 2.75) is 32.2 Å². The van der Waals surface area contributed by atoms with Gasteiger partial charge in [0.15, 0.2) is 0 Å². The molecule has 1 aromatic carbocycles. The second-order valence-electron chi connectivity index (χ2n) is 7.67. The Bertz CT molecular complexity index is 651. The number of benzene rings is 1. The number of hydrogen-bond donors (Lipinski definition) is 1. The van der Waals surface area contributed by atoms with Crippen LogP contribution in [0, 0.1) is 5.82 Å². The number of para-hydroxylation sites is 1. The van der Waals surface area contributed by atoms with Crippen molar-refractivity contribution in [1.29, 1.82) is 0 Å².